The molecule has 2 aliphatic rings. The second kappa shape index (κ2) is 7.33. The summed E-state index contributed by atoms with van der Waals surface area (Å²) in [5, 5.41) is 7.95. The van der Waals surface area contributed by atoms with E-state index in [1.807, 2.05) is 44.3 Å². The smallest absolute Gasteiger partial charge is 0.252 e. The fraction of sp³-hybridized carbons (Fsp3) is 0.409. The number of amides is 1. The SMILES string of the molecule is Cc1nn(C)c2nc(C3CC3)cc(C(=O)NCCS(=O)(=O)N3CCc4ccccc43)c12. The van der Waals surface area contributed by atoms with Crippen LogP contribution in [0.1, 0.15) is 46.1 Å². The lowest BCUT2D eigenvalue weighted by molar-refractivity contribution is 0.0957. The molecule has 1 aliphatic heterocycles. The van der Waals surface area contributed by atoms with Gasteiger partial charge in [0.25, 0.3) is 5.91 Å². The molecule has 9 heteroatoms. The van der Waals surface area contributed by atoms with E-state index in [4.69, 9.17) is 4.98 Å². The van der Waals surface area contributed by atoms with Gasteiger partial charge in [0, 0.05) is 31.7 Å². The topological polar surface area (TPSA) is 97.2 Å². The third-order valence-electron chi connectivity index (χ3n) is 6.05. The molecule has 0 saturated heterocycles. The van der Waals surface area contributed by atoms with Gasteiger partial charge in [-0.05, 0) is 43.9 Å². The number of fused-ring (bicyclic) bond motifs is 2. The fourth-order valence-electron chi connectivity index (χ4n) is 4.33. The number of para-hydroxylation sites is 1. The van der Waals surface area contributed by atoms with Crippen LogP contribution in [0.4, 0.5) is 5.69 Å². The maximum Gasteiger partial charge on any atom is 0.252 e. The van der Waals surface area contributed by atoms with Gasteiger partial charge in [-0.3, -0.25) is 13.8 Å². The van der Waals surface area contributed by atoms with E-state index in [2.05, 4.69) is 10.4 Å². The largest absolute Gasteiger partial charge is 0.351 e. The second-order valence-corrected chi connectivity index (χ2v) is 10.3. The summed E-state index contributed by atoms with van der Waals surface area (Å²) < 4.78 is 28.9. The first-order valence-corrected chi connectivity index (χ1v) is 12.2. The van der Waals surface area contributed by atoms with Gasteiger partial charge < -0.3 is 5.32 Å². The van der Waals surface area contributed by atoms with Crippen LogP contribution in [0.25, 0.3) is 11.0 Å². The quantitative estimate of drug-likeness (QED) is 0.636. The molecule has 31 heavy (non-hydrogen) atoms. The number of carbonyl (C=O) groups is 1. The first kappa shape index (κ1) is 20.0. The zero-order valence-electron chi connectivity index (χ0n) is 17.6. The van der Waals surface area contributed by atoms with Crippen molar-refractivity contribution in [1.82, 2.24) is 20.1 Å². The molecule has 3 heterocycles. The summed E-state index contributed by atoms with van der Waals surface area (Å²) >= 11 is 0. The number of carbonyl (C=O) groups excluding carboxylic acids is 1. The fourth-order valence-corrected chi connectivity index (χ4v) is 5.76. The summed E-state index contributed by atoms with van der Waals surface area (Å²) in [6, 6.07) is 9.39. The molecular formula is C22H25N5O3S. The van der Waals surface area contributed by atoms with E-state index in [0.29, 0.717) is 30.1 Å². The molecule has 1 amide bonds. The molecule has 0 atom stereocenters. The Labute approximate surface area is 181 Å². The number of aryl methyl sites for hydroxylation is 2. The Balaban J connectivity index is 1.34. The van der Waals surface area contributed by atoms with E-state index < -0.39 is 10.0 Å². The summed E-state index contributed by atoms with van der Waals surface area (Å²) in [6.07, 6.45) is 2.86. The van der Waals surface area contributed by atoms with Gasteiger partial charge in [0.1, 0.15) is 0 Å². The maximum atomic E-state index is 13.0. The highest BCUT2D eigenvalue weighted by atomic mass is 32.2. The normalized spacial score (nSPS) is 16.0. The molecule has 0 spiro atoms. The van der Waals surface area contributed by atoms with E-state index in [1.54, 1.807) is 4.68 Å². The van der Waals surface area contributed by atoms with Gasteiger partial charge >= 0.3 is 0 Å². The molecule has 1 saturated carbocycles. The van der Waals surface area contributed by atoms with Crippen LogP contribution in [0.2, 0.25) is 0 Å². The first-order chi connectivity index (χ1) is 14.8. The molecular weight excluding hydrogens is 414 g/mol. The van der Waals surface area contributed by atoms with Gasteiger partial charge in [0.2, 0.25) is 10.0 Å². The summed E-state index contributed by atoms with van der Waals surface area (Å²) in [5.41, 5.74) is 4.62. The number of benzene rings is 1. The van der Waals surface area contributed by atoms with Crippen molar-refractivity contribution in [1.29, 1.82) is 0 Å². The molecule has 1 fully saturated rings. The highest BCUT2D eigenvalue weighted by molar-refractivity contribution is 7.92. The van der Waals surface area contributed by atoms with Crippen molar-refractivity contribution in [2.75, 3.05) is 23.1 Å². The molecule has 0 bridgehead atoms. The summed E-state index contributed by atoms with van der Waals surface area (Å²) in [7, 11) is -1.70. The maximum absolute atomic E-state index is 13.0. The molecule has 3 aromatic rings. The Bertz CT molecular complexity index is 1290. The first-order valence-electron chi connectivity index (χ1n) is 10.6. The number of sulfonamides is 1. The van der Waals surface area contributed by atoms with Crippen LogP contribution >= 0.6 is 0 Å². The van der Waals surface area contributed by atoms with E-state index in [0.717, 1.165) is 40.9 Å². The number of nitrogens with one attached hydrogen (secondary N) is 1. The van der Waals surface area contributed by atoms with Gasteiger partial charge in [0.05, 0.1) is 28.1 Å². The summed E-state index contributed by atoms with van der Waals surface area (Å²) in [4.78, 5) is 17.7. The predicted molar refractivity (Wildman–Crippen MR) is 119 cm³/mol. The minimum absolute atomic E-state index is 0.0434. The molecule has 0 radical (unpaired) electrons. The predicted octanol–water partition coefficient (Wildman–Crippen LogP) is 2.28. The van der Waals surface area contributed by atoms with E-state index >= 15 is 0 Å². The zero-order chi connectivity index (χ0) is 21.8. The number of hydrogen-bond acceptors (Lipinski definition) is 5. The molecule has 0 unspecified atom stereocenters. The van der Waals surface area contributed by atoms with Gasteiger partial charge in [-0.25, -0.2) is 13.4 Å². The Morgan fingerprint density at radius 2 is 2.03 bits per heavy atom. The number of aromatic nitrogens is 3. The minimum atomic E-state index is -3.52. The molecule has 5 rings (SSSR count). The van der Waals surface area contributed by atoms with Gasteiger partial charge in [0.15, 0.2) is 5.65 Å². The molecule has 2 aromatic heterocycles. The monoisotopic (exact) mass is 439 g/mol. The Kier molecular flexibility index (Phi) is 4.73. The van der Waals surface area contributed by atoms with E-state index in [1.165, 1.54) is 4.31 Å². The van der Waals surface area contributed by atoms with Crippen molar-refractivity contribution in [3.63, 3.8) is 0 Å². The average Bonchev–Trinajstić information content (AvgIpc) is 3.43. The summed E-state index contributed by atoms with van der Waals surface area (Å²) in [6.45, 7) is 2.34. The van der Waals surface area contributed by atoms with Crippen LogP contribution in [-0.4, -0.2) is 47.9 Å². The van der Waals surface area contributed by atoms with Crippen LogP contribution in [0.3, 0.4) is 0 Å². The number of pyridine rings is 1. The average molecular weight is 440 g/mol. The highest BCUT2D eigenvalue weighted by Gasteiger charge is 2.30. The molecule has 1 aromatic carbocycles. The number of rotatable bonds is 6. The van der Waals surface area contributed by atoms with Crippen LogP contribution < -0.4 is 9.62 Å². The molecule has 8 nitrogen and oxygen atoms in total. The second-order valence-electron chi connectivity index (χ2n) is 8.30. The van der Waals surface area contributed by atoms with Gasteiger partial charge in [-0.15, -0.1) is 0 Å². The van der Waals surface area contributed by atoms with Crippen molar-refractivity contribution < 1.29 is 13.2 Å². The van der Waals surface area contributed by atoms with Crippen LogP contribution in [0.5, 0.6) is 0 Å². The van der Waals surface area contributed by atoms with Crippen molar-refractivity contribution >= 4 is 32.7 Å². The third-order valence-corrected chi connectivity index (χ3v) is 7.83. The lowest BCUT2D eigenvalue weighted by Crippen LogP contribution is -2.37. The highest BCUT2D eigenvalue weighted by Crippen LogP contribution is 2.40. The lowest BCUT2D eigenvalue weighted by atomic mass is 10.1. The van der Waals surface area contributed by atoms with E-state index in [9.17, 15) is 13.2 Å². The number of nitrogens with zero attached hydrogens (tertiary/aromatic N) is 4. The van der Waals surface area contributed by atoms with Crippen LogP contribution in [0.15, 0.2) is 30.3 Å². The van der Waals surface area contributed by atoms with Crippen molar-refractivity contribution in [3.05, 3.63) is 52.8 Å². The third kappa shape index (κ3) is 3.56. The Morgan fingerprint density at radius 1 is 1.26 bits per heavy atom. The zero-order valence-corrected chi connectivity index (χ0v) is 18.4. The minimum Gasteiger partial charge on any atom is -0.351 e. The summed E-state index contributed by atoms with van der Waals surface area (Å²) in [5.74, 6) is -0.0489. The van der Waals surface area contributed by atoms with E-state index in [-0.39, 0.29) is 18.2 Å². The number of anilines is 1. The molecule has 1 N–H and O–H groups in total. The lowest BCUT2D eigenvalue weighted by Gasteiger charge is -2.19. The Morgan fingerprint density at radius 3 is 2.81 bits per heavy atom. The number of hydrogen-bond donors (Lipinski definition) is 1. The Hall–Kier alpha value is -2.94. The molecule has 1 aliphatic carbocycles. The van der Waals surface area contributed by atoms with Crippen LogP contribution in [0, 0.1) is 6.92 Å². The van der Waals surface area contributed by atoms with Crippen molar-refractivity contribution in [3.8, 4) is 0 Å². The van der Waals surface area contributed by atoms with Crippen LogP contribution in [-0.2, 0) is 23.5 Å². The standard InChI is InChI=1S/C22H25N5O3S/c1-14-20-17(13-18(15-7-8-15)24-21(20)26(2)25-14)22(28)23-10-12-31(29,30)27-11-9-16-5-3-4-6-19(16)27/h3-6,13,15H,7-12H2,1-2H3,(H,23,28). The van der Waals surface area contributed by atoms with Gasteiger partial charge in [-0.1, -0.05) is 18.2 Å². The van der Waals surface area contributed by atoms with Gasteiger partial charge in [-0.2, -0.15) is 5.10 Å². The molecule has 162 valence electrons. The van der Waals surface area contributed by atoms with Crippen molar-refractivity contribution in [2.45, 2.75) is 32.1 Å². The van der Waals surface area contributed by atoms with Crippen molar-refractivity contribution in [2.24, 2.45) is 7.05 Å².